The van der Waals surface area contributed by atoms with Crippen LogP contribution >= 0.6 is 23.2 Å². The number of allylic oxidation sites excluding steroid dienone is 2. The summed E-state index contributed by atoms with van der Waals surface area (Å²) in [7, 11) is 0. The van der Waals surface area contributed by atoms with E-state index in [0.29, 0.717) is 21.6 Å². The van der Waals surface area contributed by atoms with Crippen LogP contribution in [-0.2, 0) is 10.3 Å². The zero-order chi connectivity index (χ0) is 22.3. The lowest BCUT2D eigenvalue weighted by molar-refractivity contribution is -0.122. The third kappa shape index (κ3) is 4.08. The second kappa shape index (κ2) is 7.86. The van der Waals surface area contributed by atoms with Gasteiger partial charge in [0.2, 0.25) is 0 Å². The topological polar surface area (TPSA) is 93.2 Å². The molecule has 7 nitrogen and oxygen atoms in total. The molecule has 0 bridgehead atoms. The molecule has 4 rings (SSSR count). The first-order valence-electron chi connectivity index (χ1n) is 9.21. The lowest BCUT2D eigenvalue weighted by atomic mass is 9.83. The van der Waals surface area contributed by atoms with Gasteiger partial charge in [-0.2, -0.15) is 0 Å². The maximum Gasteiger partial charge on any atom is 0.329 e. The zero-order valence-electron chi connectivity index (χ0n) is 16.2. The Labute approximate surface area is 185 Å². The van der Waals surface area contributed by atoms with Crippen molar-refractivity contribution in [1.82, 2.24) is 14.9 Å². The Morgan fingerprint density at radius 3 is 2.71 bits per heavy atom. The molecule has 1 aromatic heterocycles. The highest BCUT2D eigenvalue weighted by molar-refractivity contribution is 6.31. The molecule has 0 aliphatic heterocycles. The van der Waals surface area contributed by atoms with Crippen molar-refractivity contribution in [3.8, 4) is 5.75 Å². The third-order valence-corrected chi connectivity index (χ3v) is 5.51. The van der Waals surface area contributed by atoms with Crippen molar-refractivity contribution >= 4 is 40.0 Å². The number of rotatable bonds is 5. The lowest BCUT2D eigenvalue weighted by Gasteiger charge is -2.37. The summed E-state index contributed by atoms with van der Waals surface area (Å²) in [5, 5.41) is 3.35. The highest BCUT2D eigenvalue weighted by atomic mass is 35.5. The smallest absolute Gasteiger partial charge is 0.329 e. The number of ether oxygens (including phenoxy) is 1. The maximum atomic E-state index is 13.4. The third-order valence-electron chi connectivity index (χ3n) is 4.97. The normalized spacial score (nSPS) is 17.7. The molecule has 10 heteroatoms. The van der Waals surface area contributed by atoms with Crippen LogP contribution in [0.1, 0.15) is 13.3 Å². The largest absolute Gasteiger partial charge is 0.484 e. The number of benzene rings is 2. The molecule has 2 N–H and O–H groups in total. The number of halogens is 3. The number of carbonyl (C=O) groups excluding carboxylic acids is 1. The fourth-order valence-corrected chi connectivity index (χ4v) is 3.83. The second-order valence-electron chi connectivity index (χ2n) is 7.38. The van der Waals surface area contributed by atoms with Crippen LogP contribution in [-0.4, -0.2) is 22.1 Å². The highest BCUT2D eigenvalue weighted by Crippen LogP contribution is 2.34. The second-order valence-corrected chi connectivity index (χ2v) is 8.22. The first kappa shape index (κ1) is 21.1. The Morgan fingerprint density at radius 2 is 2.00 bits per heavy atom. The van der Waals surface area contributed by atoms with Crippen LogP contribution in [0.4, 0.5) is 4.39 Å². The number of nitrogens with one attached hydrogen (secondary N) is 2. The van der Waals surface area contributed by atoms with Crippen molar-refractivity contribution in [2.45, 2.75) is 18.9 Å². The van der Waals surface area contributed by atoms with E-state index in [9.17, 15) is 18.8 Å². The van der Waals surface area contributed by atoms with Crippen molar-refractivity contribution in [1.29, 1.82) is 0 Å². The minimum Gasteiger partial charge on any atom is -0.484 e. The van der Waals surface area contributed by atoms with Crippen molar-refractivity contribution in [2.75, 3.05) is 6.61 Å². The summed E-state index contributed by atoms with van der Waals surface area (Å²) in [4.78, 5) is 40.2. The molecular formula is C21H16Cl2FN3O4. The number of aromatic nitrogens is 2. The van der Waals surface area contributed by atoms with Crippen LogP contribution in [0, 0.1) is 5.82 Å². The van der Waals surface area contributed by atoms with Gasteiger partial charge in [-0.25, -0.2) is 13.8 Å². The predicted molar refractivity (Wildman–Crippen MR) is 115 cm³/mol. The van der Waals surface area contributed by atoms with E-state index in [1.807, 2.05) is 0 Å². The summed E-state index contributed by atoms with van der Waals surface area (Å²) in [5.41, 5.74) is -1.03. The van der Waals surface area contributed by atoms with E-state index in [1.54, 1.807) is 25.1 Å². The van der Waals surface area contributed by atoms with Gasteiger partial charge < -0.3 is 15.0 Å². The summed E-state index contributed by atoms with van der Waals surface area (Å²) < 4.78 is 19.8. The van der Waals surface area contributed by atoms with E-state index in [-0.39, 0.29) is 23.8 Å². The molecule has 1 atom stereocenters. The lowest BCUT2D eigenvalue weighted by Crippen LogP contribution is -2.52. The maximum absolute atomic E-state index is 13.4. The van der Waals surface area contributed by atoms with Gasteiger partial charge in [0, 0.05) is 23.2 Å². The molecule has 1 unspecified atom stereocenters. The van der Waals surface area contributed by atoms with Gasteiger partial charge in [-0.3, -0.25) is 9.59 Å². The quantitative estimate of drug-likeness (QED) is 0.606. The van der Waals surface area contributed by atoms with Crippen LogP contribution < -0.4 is 21.3 Å². The van der Waals surface area contributed by atoms with Gasteiger partial charge >= 0.3 is 5.69 Å². The molecular weight excluding hydrogens is 448 g/mol. The number of aromatic amines is 1. The molecule has 1 heterocycles. The van der Waals surface area contributed by atoms with Gasteiger partial charge in [0.05, 0.1) is 21.5 Å². The molecule has 0 radical (unpaired) electrons. The number of carbonyl (C=O) groups is 1. The molecule has 0 spiro atoms. The van der Waals surface area contributed by atoms with E-state index >= 15 is 0 Å². The molecule has 3 aromatic rings. The van der Waals surface area contributed by atoms with Gasteiger partial charge in [0.1, 0.15) is 11.6 Å². The first-order chi connectivity index (χ1) is 14.7. The highest BCUT2D eigenvalue weighted by Gasteiger charge is 2.37. The molecule has 160 valence electrons. The fourth-order valence-electron chi connectivity index (χ4n) is 3.54. The van der Waals surface area contributed by atoms with Crippen molar-refractivity contribution < 1.29 is 13.9 Å². The summed E-state index contributed by atoms with van der Waals surface area (Å²) in [6, 6.07) is 8.51. The van der Waals surface area contributed by atoms with Gasteiger partial charge in [0.25, 0.3) is 11.5 Å². The number of hydrogen-bond donors (Lipinski definition) is 2. The molecule has 0 saturated heterocycles. The van der Waals surface area contributed by atoms with E-state index in [0.717, 1.165) is 10.6 Å². The van der Waals surface area contributed by atoms with E-state index in [2.05, 4.69) is 10.3 Å². The van der Waals surface area contributed by atoms with Crippen LogP contribution in [0.15, 0.2) is 57.8 Å². The monoisotopic (exact) mass is 463 g/mol. The van der Waals surface area contributed by atoms with E-state index < -0.39 is 28.5 Å². The summed E-state index contributed by atoms with van der Waals surface area (Å²) in [5.74, 6) is -0.942. The van der Waals surface area contributed by atoms with Gasteiger partial charge in [0.15, 0.2) is 6.61 Å². The van der Waals surface area contributed by atoms with Gasteiger partial charge in [-0.05, 0) is 43.3 Å². The van der Waals surface area contributed by atoms with E-state index in [4.69, 9.17) is 27.9 Å². The molecule has 0 fully saturated rings. The standard InChI is InChI=1S/C21H16Cl2FN3O4/c1-21(27-19(29)14-4-2-11(22)6-17(14)26-20(27)30)8-12(9-21)25-18(28)10-31-13-3-5-15(23)16(24)7-13/h2-8H,9-10H2,1H3,(H,25,28)(H,26,30). The Morgan fingerprint density at radius 1 is 1.26 bits per heavy atom. The molecule has 31 heavy (non-hydrogen) atoms. The molecule has 2 aromatic carbocycles. The Hall–Kier alpha value is -3.10. The van der Waals surface area contributed by atoms with Crippen molar-refractivity contribution in [3.05, 3.63) is 84.9 Å². The van der Waals surface area contributed by atoms with Crippen LogP contribution in [0.5, 0.6) is 5.75 Å². The Balaban J connectivity index is 1.48. The summed E-state index contributed by atoms with van der Waals surface area (Å²) in [6.07, 6.45) is 1.89. The number of hydrogen-bond acceptors (Lipinski definition) is 4. The number of fused-ring (bicyclic) bond motifs is 1. The minimum atomic E-state index is -0.902. The zero-order valence-corrected chi connectivity index (χ0v) is 17.7. The number of nitrogens with zero attached hydrogens (tertiary/aromatic N) is 1. The number of amides is 1. The molecule has 1 aliphatic carbocycles. The Bertz CT molecular complexity index is 1360. The fraction of sp³-hybridized carbons (Fsp3) is 0.190. The van der Waals surface area contributed by atoms with Crippen molar-refractivity contribution in [3.63, 3.8) is 0 Å². The van der Waals surface area contributed by atoms with E-state index in [1.165, 1.54) is 18.2 Å². The minimum absolute atomic E-state index is 0.0438. The Kier molecular flexibility index (Phi) is 5.36. The van der Waals surface area contributed by atoms with Crippen LogP contribution in [0.25, 0.3) is 10.9 Å². The van der Waals surface area contributed by atoms with Gasteiger partial charge in [-0.1, -0.05) is 23.2 Å². The number of H-pyrrole nitrogens is 1. The summed E-state index contributed by atoms with van der Waals surface area (Å²) >= 11 is 11.5. The van der Waals surface area contributed by atoms with Crippen LogP contribution in [0.2, 0.25) is 10.0 Å². The predicted octanol–water partition coefficient (Wildman–Crippen LogP) is 3.33. The average Bonchev–Trinajstić information content (AvgIpc) is 2.67. The molecule has 0 saturated carbocycles. The van der Waals surface area contributed by atoms with Crippen molar-refractivity contribution in [2.24, 2.45) is 0 Å². The molecule has 1 amide bonds. The van der Waals surface area contributed by atoms with Gasteiger partial charge in [-0.15, -0.1) is 0 Å². The molecule has 1 aliphatic rings. The van der Waals surface area contributed by atoms with Crippen LogP contribution in [0.3, 0.4) is 0 Å². The summed E-state index contributed by atoms with van der Waals surface area (Å²) in [6.45, 7) is 1.38. The average molecular weight is 464 g/mol. The first-order valence-corrected chi connectivity index (χ1v) is 9.96. The SMILES string of the molecule is CC1(n2c(=O)[nH]c3cc(Cl)ccc3c2=O)C=C(NC(=O)COc2ccc(Cl)c(F)c2)C1.